The fourth-order valence-corrected chi connectivity index (χ4v) is 5.77. The molecule has 3 aromatic rings. The standard InChI is InChI=1S/C26H30N4O6S/c1-35-25-11-8-20(18-26(25)36-2)12-13-27-23-19-21(9-10-24(23)30(31)32)28-14-16-29(17-15-28)37(33,34)22-6-4-3-5-7-22/h3-11,18-19,27H,12-17H2,1-2H3. The monoisotopic (exact) mass is 526 g/mol. The molecule has 37 heavy (non-hydrogen) atoms. The fourth-order valence-electron chi connectivity index (χ4n) is 4.33. The molecule has 1 saturated heterocycles. The molecule has 0 radical (unpaired) electrons. The summed E-state index contributed by atoms with van der Waals surface area (Å²) in [5.41, 5.74) is 2.21. The van der Waals surface area contributed by atoms with E-state index < -0.39 is 14.9 Å². The van der Waals surface area contributed by atoms with Gasteiger partial charge in [0.15, 0.2) is 11.5 Å². The number of rotatable bonds is 10. The minimum Gasteiger partial charge on any atom is -0.493 e. The van der Waals surface area contributed by atoms with Crippen LogP contribution in [0, 0.1) is 10.1 Å². The number of hydrogen-bond donors (Lipinski definition) is 1. The van der Waals surface area contributed by atoms with Crippen molar-refractivity contribution in [2.75, 3.05) is 57.2 Å². The number of piperazine rings is 1. The van der Waals surface area contributed by atoms with Gasteiger partial charge in [-0.15, -0.1) is 0 Å². The Morgan fingerprint density at radius 3 is 2.27 bits per heavy atom. The van der Waals surface area contributed by atoms with Gasteiger partial charge in [0.1, 0.15) is 5.69 Å². The van der Waals surface area contributed by atoms with Gasteiger partial charge in [0.2, 0.25) is 10.0 Å². The lowest BCUT2D eigenvalue weighted by Crippen LogP contribution is -2.48. The van der Waals surface area contributed by atoms with Crippen LogP contribution < -0.4 is 19.7 Å². The van der Waals surface area contributed by atoms with Gasteiger partial charge < -0.3 is 19.7 Å². The highest BCUT2D eigenvalue weighted by atomic mass is 32.2. The highest BCUT2D eigenvalue weighted by molar-refractivity contribution is 7.89. The Morgan fingerprint density at radius 1 is 0.919 bits per heavy atom. The number of nitrogens with zero attached hydrogens (tertiary/aromatic N) is 3. The second-order valence-electron chi connectivity index (χ2n) is 8.53. The molecular formula is C26H30N4O6S. The summed E-state index contributed by atoms with van der Waals surface area (Å²) in [6.45, 7) is 2.10. The van der Waals surface area contributed by atoms with Gasteiger partial charge in [-0.05, 0) is 48.4 Å². The molecule has 0 amide bonds. The molecule has 1 fully saturated rings. The quantitative estimate of drug-likeness (QED) is 0.314. The molecule has 10 nitrogen and oxygen atoms in total. The fraction of sp³-hybridized carbons (Fsp3) is 0.308. The van der Waals surface area contributed by atoms with Crippen LogP contribution in [0.1, 0.15) is 5.56 Å². The zero-order chi connectivity index (χ0) is 26.4. The van der Waals surface area contributed by atoms with Crippen molar-refractivity contribution in [3.8, 4) is 11.5 Å². The Balaban J connectivity index is 1.43. The summed E-state index contributed by atoms with van der Waals surface area (Å²) in [7, 11) is -0.402. The van der Waals surface area contributed by atoms with Crippen LogP contribution in [0.3, 0.4) is 0 Å². The van der Waals surface area contributed by atoms with Crippen molar-refractivity contribution in [2.24, 2.45) is 0 Å². The summed E-state index contributed by atoms with van der Waals surface area (Å²) >= 11 is 0. The Bertz CT molecular complexity index is 1340. The summed E-state index contributed by atoms with van der Waals surface area (Å²) < 4.78 is 37.9. The Labute approximate surface area is 216 Å². The molecule has 3 aromatic carbocycles. The van der Waals surface area contributed by atoms with Crippen LogP contribution >= 0.6 is 0 Å². The van der Waals surface area contributed by atoms with E-state index in [2.05, 4.69) is 5.32 Å². The summed E-state index contributed by atoms with van der Waals surface area (Å²) in [6, 6.07) is 19.0. The maximum Gasteiger partial charge on any atom is 0.292 e. The number of hydrogen-bond acceptors (Lipinski definition) is 8. The maximum absolute atomic E-state index is 12.9. The number of anilines is 2. The van der Waals surface area contributed by atoms with Crippen LogP contribution in [0.25, 0.3) is 0 Å². The van der Waals surface area contributed by atoms with Crippen molar-refractivity contribution in [3.63, 3.8) is 0 Å². The molecule has 1 heterocycles. The van der Waals surface area contributed by atoms with Crippen molar-refractivity contribution in [2.45, 2.75) is 11.3 Å². The van der Waals surface area contributed by atoms with Crippen LogP contribution in [0.15, 0.2) is 71.6 Å². The SMILES string of the molecule is COc1ccc(CCNc2cc(N3CCN(S(=O)(=O)c4ccccc4)CC3)ccc2[N+](=O)[O-])cc1OC. The van der Waals surface area contributed by atoms with E-state index in [4.69, 9.17) is 9.47 Å². The normalized spacial score (nSPS) is 14.3. The number of benzene rings is 3. The lowest BCUT2D eigenvalue weighted by molar-refractivity contribution is -0.383. The smallest absolute Gasteiger partial charge is 0.292 e. The minimum atomic E-state index is -3.55. The molecule has 0 bridgehead atoms. The summed E-state index contributed by atoms with van der Waals surface area (Å²) in [5.74, 6) is 1.26. The molecule has 1 N–H and O–H groups in total. The van der Waals surface area contributed by atoms with E-state index in [1.54, 1.807) is 56.7 Å². The Hall–Kier alpha value is -3.83. The first-order valence-electron chi connectivity index (χ1n) is 11.9. The van der Waals surface area contributed by atoms with Gasteiger partial charge in [-0.1, -0.05) is 24.3 Å². The second-order valence-corrected chi connectivity index (χ2v) is 10.5. The van der Waals surface area contributed by atoms with Gasteiger partial charge in [-0.2, -0.15) is 4.31 Å². The van der Waals surface area contributed by atoms with Gasteiger partial charge >= 0.3 is 0 Å². The number of ether oxygens (including phenoxy) is 2. The third-order valence-electron chi connectivity index (χ3n) is 6.34. The predicted molar refractivity (Wildman–Crippen MR) is 142 cm³/mol. The van der Waals surface area contributed by atoms with E-state index in [0.29, 0.717) is 56.3 Å². The van der Waals surface area contributed by atoms with Gasteiger partial charge in [-0.25, -0.2) is 8.42 Å². The molecule has 196 valence electrons. The van der Waals surface area contributed by atoms with Crippen LogP contribution in [-0.4, -0.2) is 64.6 Å². The van der Waals surface area contributed by atoms with Crippen molar-refractivity contribution in [1.29, 1.82) is 0 Å². The van der Waals surface area contributed by atoms with E-state index >= 15 is 0 Å². The number of methoxy groups -OCH3 is 2. The van der Waals surface area contributed by atoms with E-state index in [1.807, 2.05) is 23.1 Å². The summed E-state index contributed by atoms with van der Waals surface area (Å²) in [4.78, 5) is 13.5. The molecule has 0 atom stereocenters. The largest absolute Gasteiger partial charge is 0.493 e. The first kappa shape index (κ1) is 26.2. The number of sulfonamides is 1. The molecule has 1 aliphatic heterocycles. The molecule has 0 spiro atoms. The highest BCUT2D eigenvalue weighted by Gasteiger charge is 2.29. The summed E-state index contributed by atoms with van der Waals surface area (Å²) in [6.07, 6.45) is 0.623. The third kappa shape index (κ3) is 5.95. The van der Waals surface area contributed by atoms with Crippen LogP contribution in [0.2, 0.25) is 0 Å². The van der Waals surface area contributed by atoms with E-state index in [-0.39, 0.29) is 10.6 Å². The molecule has 0 saturated carbocycles. The average Bonchev–Trinajstić information content (AvgIpc) is 2.93. The van der Waals surface area contributed by atoms with Gasteiger partial charge in [-0.3, -0.25) is 10.1 Å². The topological polar surface area (TPSA) is 114 Å². The maximum atomic E-state index is 12.9. The minimum absolute atomic E-state index is 0.0126. The molecule has 0 aromatic heterocycles. The molecule has 1 aliphatic rings. The zero-order valence-corrected chi connectivity index (χ0v) is 21.6. The summed E-state index contributed by atoms with van der Waals surface area (Å²) in [5, 5.41) is 14.8. The molecular weight excluding hydrogens is 496 g/mol. The average molecular weight is 527 g/mol. The first-order valence-corrected chi connectivity index (χ1v) is 13.3. The lowest BCUT2D eigenvalue weighted by atomic mass is 10.1. The van der Waals surface area contributed by atoms with Gasteiger partial charge in [0.25, 0.3) is 5.69 Å². The zero-order valence-electron chi connectivity index (χ0n) is 20.8. The molecule has 0 aliphatic carbocycles. The number of nitrogens with one attached hydrogen (secondary N) is 1. The van der Waals surface area contributed by atoms with Crippen LogP contribution in [-0.2, 0) is 16.4 Å². The number of nitro benzene ring substituents is 1. The Kier molecular flexibility index (Phi) is 8.14. The Morgan fingerprint density at radius 2 is 1.62 bits per heavy atom. The van der Waals surface area contributed by atoms with Crippen molar-refractivity contribution in [3.05, 3.63) is 82.4 Å². The van der Waals surface area contributed by atoms with E-state index in [0.717, 1.165) is 11.3 Å². The van der Waals surface area contributed by atoms with Gasteiger partial charge in [0, 0.05) is 44.5 Å². The van der Waals surface area contributed by atoms with Crippen molar-refractivity contribution in [1.82, 2.24) is 4.31 Å². The van der Waals surface area contributed by atoms with Crippen LogP contribution in [0.4, 0.5) is 17.1 Å². The third-order valence-corrected chi connectivity index (χ3v) is 8.25. The predicted octanol–water partition coefficient (Wildman–Crippen LogP) is 3.78. The number of nitro groups is 1. The van der Waals surface area contributed by atoms with Crippen LogP contribution in [0.5, 0.6) is 11.5 Å². The molecule has 11 heteroatoms. The van der Waals surface area contributed by atoms with Gasteiger partial charge in [0.05, 0.1) is 24.0 Å². The highest BCUT2D eigenvalue weighted by Crippen LogP contribution is 2.31. The first-order chi connectivity index (χ1) is 17.8. The lowest BCUT2D eigenvalue weighted by Gasteiger charge is -2.35. The second kappa shape index (κ2) is 11.5. The van der Waals surface area contributed by atoms with Crippen molar-refractivity contribution >= 4 is 27.1 Å². The molecule has 4 rings (SSSR count). The van der Waals surface area contributed by atoms with Crippen molar-refractivity contribution < 1.29 is 22.8 Å². The van der Waals surface area contributed by atoms with E-state index in [9.17, 15) is 18.5 Å². The van der Waals surface area contributed by atoms with E-state index in [1.165, 1.54) is 10.4 Å². The molecule has 0 unspecified atom stereocenters.